The van der Waals surface area contributed by atoms with Crippen LogP contribution < -0.4 is 34.2 Å². The topological polar surface area (TPSA) is 101 Å². The van der Waals surface area contributed by atoms with Crippen LogP contribution in [0, 0.1) is 0 Å². The van der Waals surface area contributed by atoms with Gasteiger partial charge in [0.15, 0.2) is 5.82 Å². The van der Waals surface area contributed by atoms with E-state index < -0.39 is 5.97 Å². The number of carboxylic acids is 1. The summed E-state index contributed by atoms with van der Waals surface area (Å²) in [5.41, 5.74) is 1.42. The number of carboxylic acid groups (broad SMARTS) is 1. The molecule has 1 spiro atoms. The van der Waals surface area contributed by atoms with Crippen LogP contribution in [0.1, 0.15) is 41.9 Å². The number of hydrogen-bond acceptors (Lipinski definition) is 6. The third kappa shape index (κ3) is 3.83. The second-order valence-corrected chi connectivity index (χ2v) is 8.14. The molecule has 2 heterocycles. The molecule has 4 rings (SSSR count). The van der Waals surface area contributed by atoms with Crippen molar-refractivity contribution in [2.24, 2.45) is 0 Å². The number of urea groups is 1. The van der Waals surface area contributed by atoms with Crippen LogP contribution in [0.25, 0.3) is 0 Å². The molecule has 1 saturated heterocycles. The quantitative estimate of drug-likeness (QED) is 0.604. The van der Waals surface area contributed by atoms with Crippen molar-refractivity contribution in [1.82, 2.24) is 20.2 Å². The molecule has 2 aliphatic rings. The number of anilines is 1. The van der Waals surface area contributed by atoms with Crippen molar-refractivity contribution in [2.45, 2.75) is 36.8 Å². The van der Waals surface area contributed by atoms with Crippen LogP contribution in [-0.4, -0.2) is 53.0 Å². The van der Waals surface area contributed by atoms with Crippen LogP contribution in [0.4, 0.5) is 10.5 Å². The molecule has 1 aromatic heterocycles. The molecule has 0 unspecified atom stereocenters. The predicted molar refractivity (Wildman–Crippen MR) is 105 cm³/mol. The van der Waals surface area contributed by atoms with Gasteiger partial charge in [0.1, 0.15) is 5.97 Å². The number of aromatic carboxylic acids is 1. The fourth-order valence-electron chi connectivity index (χ4n) is 4.65. The zero-order chi connectivity index (χ0) is 20.6. The molecule has 1 aliphatic carbocycles. The SMILES string of the molecule is CN(C)C1(c2ccccc2)CCC2(CC1)CN(c1cnc(C(=O)[O-])nc1)C(=O)N2.[Li+]. The van der Waals surface area contributed by atoms with Gasteiger partial charge in [-0.1, -0.05) is 30.3 Å². The summed E-state index contributed by atoms with van der Waals surface area (Å²) in [5, 5.41) is 14.0. The Balaban J connectivity index is 0.00000256. The Morgan fingerprint density at radius 1 is 1.10 bits per heavy atom. The summed E-state index contributed by atoms with van der Waals surface area (Å²) >= 11 is 0. The fraction of sp³-hybridized carbons (Fsp3) is 0.429. The molecule has 9 heteroatoms. The average Bonchev–Trinajstić information content (AvgIpc) is 3.05. The van der Waals surface area contributed by atoms with Crippen molar-refractivity contribution in [3.05, 3.63) is 54.1 Å². The third-order valence-corrected chi connectivity index (χ3v) is 6.41. The van der Waals surface area contributed by atoms with Gasteiger partial charge in [0, 0.05) is 5.54 Å². The minimum absolute atomic E-state index is 0. The second kappa shape index (κ2) is 8.38. The Hall–Kier alpha value is -2.40. The maximum Gasteiger partial charge on any atom is 1.00 e. The van der Waals surface area contributed by atoms with Gasteiger partial charge in [0.05, 0.1) is 30.2 Å². The number of carbonyl (C=O) groups excluding carboxylic acids is 2. The molecule has 2 amide bonds. The Bertz CT molecular complexity index is 912. The van der Waals surface area contributed by atoms with Gasteiger partial charge >= 0.3 is 24.9 Å². The standard InChI is InChI=1S/C21H25N5O3.Li/c1-25(2)21(15-6-4-3-5-7-15)10-8-20(9-11-21)14-26(19(29)24-20)16-12-22-17(18(27)28)23-13-16;/h3-7,12-13H,8-11,14H2,1-2H3,(H,24,29)(H,27,28);/q;+1/p-1. The van der Waals surface area contributed by atoms with Crippen LogP contribution in [0.2, 0.25) is 0 Å². The van der Waals surface area contributed by atoms with Crippen LogP contribution in [0.5, 0.6) is 0 Å². The molecule has 2 aromatic rings. The monoisotopic (exact) mass is 401 g/mol. The number of rotatable bonds is 4. The molecule has 0 atom stereocenters. The number of nitrogens with zero attached hydrogens (tertiary/aromatic N) is 4. The van der Waals surface area contributed by atoms with Gasteiger partial charge in [0.25, 0.3) is 0 Å². The van der Waals surface area contributed by atoms with Crippen molar-refractivity contribution in [2.75, 3.05) is 25.5 Å². The van der Waals surface area contributed by atoms with E-state index in [1.807, 2.05) is 6.07 Å². The van der Waals surface area contributed by atoms with E-state index in [-0.39, 0.29) is 41.8 Å². The summed E-state index contributed by atoms with van der Waals surface area (Å²) in [4.78, 5) is 34.9. The second-order valence-electron chi connectivity index (χ2n) is 8.14. The van der Waals surface area contributed by atoms with Gasteiger partial charge in [-0.15, -0.1) is 0 Å². The van der Waals surface area contributed by atoms with Gasteiger partial charge in [-0.25, -0.2) is 14.8 Å². The molecule has 1 aromatic carbocycles. The minimum atomic E-state index is -1.44. The predicted octanol–water partition coefficient (Wildman–Crippen LogP) is -1.86. The van der Waals surface area contributed by atoms with Gasteiger partial charge in [-0.3, -0.25) is 9.80 Å². The normalized spacial score (nSPS) is 25.8. The third-order valence-electron chi connectivity index (χ3n) is 6.41. The Kier molecular flexibility index (Phi) is 6.23. The van der Waals surface area contributed by atoms with Crippen LogP contribution in [0.3, 0.4) is 0 Å². The van der Waals surface area contributed by atoms with Crippen molar-refractivity contribution in [1.29, 1.82) is 0 Å². The van der Waals surface area contributed by atoms with E-state index in [0.29, 0.717) is 12.2 Å². The summed E-state index contributed by atoms with van der Waals surface area (Å²) in [6.07, 6.45) is 6.26. The first-order chi connectivity index (χ1) is 13.9. The van der Waals surface area contributed by atoms with Crippen LogP contribution in [-0.2, 0) is 5.54 Å². The first-order valence-electron chi connectivity index (χ1n) is 9.71. The molecule has 0 bridgehead atoms. The Morgan fingerprint density at radius 2 is 1.70 bits per heavy atom. The summed E-state index contributed by atoms with van der Waals surface area (Å²) < 4.78 is 0. The summed E-state index contributed by atoms with van der Waals surface area (Å²) in [7, 11) is 4.22. The van der Waals surface area contributed by atoms with Crippen LogP contribution >= 0.6 is 0 Å². The van der Waals surface area contributed by atoms with Gasteiger partial charge < -0.3 is 15.2 Å². The molecule has 0 radical (unpaired) electrons. The van der Waals surface area contributed by atoms with E-state index in [1.165, 1.54) is 18.0 Å². The van der Waals surface area contributed by atoms with Crippen molar-refractivity contribution in [3.8, 4) is 0 Å². The maximum atomic E-state index is 12.7. The van der Waals surface area contributed by atoms with Crippen molar-refractivity contribution < 1.29 is 33.6 Å². The summed E-state index contributed by atoms with van der Waals surface area (Å²) in [5.74, 6) is -1.83. The van der Waals surface area contributed by atoms with Gasteiger partial charge in [-0.05, 0) is 45.3 Å². The zero-order valence-electron chi connectivity index (χ0n) is 17.6. The average molecular weight is 401 g/mol. The maximum absolute atomic E-state index is 12.7. The number of hydrogen-bond donors (Lipinski definition) is 1. The number of benzene rings is 1. The number of aromatic nitrogens is 2. The zero-order valence-corrected chi connectivity index (χ0v) is 17.6. The molecule has 152 valence electrons. The number of amides is 2. The van der Waals surface area contributed by atoms with E-state index in [1.54, 1.807) is 4.90 Å². The van der Waals surface area contributed by atoms with Crippen molar-refractivity contribution in [3.63, 3.8) is 0 Å². The minimum Gasteiger partial charge on any atom is -0.542 e. The van der Waals surface area contributed by atoms with Gasteiger partial charge in [0.2, 0.25) is 0 Å². The molecule has 1 N–H and O–H groups in total. The van der Waals surface area contributed by atoms with E-state index in [0.717, 1.165) is 25.7 Å². The molecule has 1 aliphatic heterocycles. The molecular weight excluding hydrogens is 377 g/mol. The largest absolute Gasteiger partial charge is 1.00 e. The van der Waals surface area contributed by atoms with Crippen LogP contribution in [0.15, 0.2) is 42.7 Å². The Labute approximate surface area is 187 Å². The Morgan fingerprint density at radius 3 is 2.23 bits per heavy atom. The van der Waals surface area contributed by atoms with E-state index in [2.05, 4.69) is 58.5 Å². The summed E-state index contributed by atoms with van der Waals surface area (Å²) in [6, 6.07) is 10.3. The molecular formula is C21H24LiN5O3. The first kappa shape index (κ1) is 22.3. The smallest absolute Gasteiger partial charge is 0.542 e. The molecule has 2 fully saturated rings. The van der Waals surface area contributed by atoms with E-state index in [4.69, 9.17) is 0 Å². The van der Waals surface area contributed by atoms with E-state index in [9.17, 15) is 14.7 Å². The summed E-state index contributed by atoms with van der Waals surface area (Å²) in [6.45, 7) is 0.512. The molecule has 1 saturated carbocycles. The fourth-order valence-corrected chi connectivity index (χ4v) is 4.65. The van der Waals surface area contributed by atoms with E-state index >= 15 is 0 Å². The van der Waals surface area contributed by atoms with Crippen molar-refractivity contribution >= 4 is 17.7 Å². The number of nitrogens with one attached hydrogen (secondary N) is 1. The van der Waals surface area contributed by atoms with Gasteiger partial charge in [-0.2, -0.15) is 0 Å². The molecule has 30 heavy (non-hydrogen) atoms. The first-order valence-corrected chi connectivity index (χ1v) is 9.71. The molecule has 8 nitrogen and oxygen atoms in total. The number of carbonyl (C=O) groups is 2.